The number of ketones is 1. The van der Waals surface area contributed by atoms with Crippen molar-refractivity contribution in [2.45, 2.75) is 13.8 Å². The van der Waals surface area contributed by atoms with Crippen molar-refractivity contribution in [3.63, 3.8) is 0 Å². The molecule has 3 heteroatoms. The molecule has 0 rings (SSSR count). The SMILES string of the molecule is C#CCN(C)C(=O)C(C)C(C)=O. The number of rotatable bonds is 3. The van der Waals surface area contributed by atoms with E-state index < -0.39 is 5.92 Å². The number of carbonyl (C=O) groups excluding carboxylic acids is 2. The fourth-order valence-corrected chi connectivity index (χ4v) is 0.719. The lowest BCUT2D eigenvalue weighted by molar-refractivity contribution is -0.138. The van der Waals surface area contributed by atoms with E-state index >= 15 is 0 Å². The maximum atomic E-state index is 11.3. The van der Waals surface area contributed by atoms with Crippen LogP contribution in [0.25, 0.3) is 0 Å². The van der Waals surface area contributed by atoms with E-state index in [1.807, 2.05) is 0 Å². The van der Waals surface area contributed by atoms with Crippen molar-refractivity contribution < 1.29 is 9.59 Å². The number of carbonyl (C=O) groups is 2. The summed E-state index contributed by atoms with van der Waals surface area (Å²) < 4.78 is 0. The highest BCUT2D eigenvalue weighted by Gasteiger charge is 2.20. The van der Waals surface area contributed by atoms with Crippen LogP contribution in [0.5, 0.6) is 0 Å². The van der Waals surface area contributed by atoms with Crippen LogP contribution in [0.15, 0.2) is 0 Å². The van der Waals surface area contributed by atoms with Gasteiger partial charge in [0.15, 0.2) is 0 Å². The van der Waals surface area contributed by atoms with Crippen molar-refractivity contribution in [3.05, 3.63) is 0 Å². The van der Waals surface area contributed by atoms with Gasteiger partial charge in [-0.25, -0.2) is 0 Å². The first-order valence-electron chi connectivity index (χ1n) is 3.69. The van der Waals surface area contributed by atoms with Gasteiger partial charge in [0, 0.05) is 7.05 Å². The first-order chi connectivity index (χ1) is 5.50. The van der Waals surface area contributed by atoms with Crippen molar-refractivity contribution in [1.82, 2.24) is 4.90 Å². The molecule has 66 valence electrons. The maximum Gasteiger partial charge on any atom is 0.233 e. The van der Waals surface area contributed by atoms with Crippen LogP contribution in [0.2, 0.25) is 0 Å². The quantitative estimate of drug-likeness (QED) is 0.448. The second kappa shape index (κ2) is 4.55. The normalized spacial score (nSPS) is 11.5. The van der Waals surface area contributed by atoms with Gasteiger partial charge in [-0.2, -0.15) is 0 Å². The second-order valence-electron chi connectivity index (χ2n) is 2.73. The molecule has 0 N–H and O–H groups in total. The summed E-state index contributed by atoms with van der Waals surface area (Å²) in [6, 6.07) is 0. The Morgan fingerprint density at radius 1 is 1.58 bits per heavy atom. The zero-order valence-electron chi connectivity index (χ0n) is 7.63. The molecule has 0 aromatic carbocycles. The van der Waals surface area contributed by atoms with Gasteiger partial charge >= 0.3 is 0 Å². The van der Waals surface area contributed by atoms with Crippen LogP contribution in [0.4, 0.5) is 0 Å². The minimum atomic E-state index is -0.580. The molecule has 0 saturated carbocycles. The largest absolute Gasteiger partial charge is 0.334 e. The Bertz CT molecular complexity index is 227. The van der Waals surface area contributed by atoms with Crippen LogP contribution < -0.4 is 0 Å². The highest BCUT2D eigenvalue weighted by atomic mass is 16.2. The Morgan fingerprint density at radius 2 is 2.08 bits per heavy atom. The van der Waals surface area contributed by atoms with E-state index in [1.54, 1.807) is 14.0 Å². The molecule has 0 spiro atoms. The summed E-state index contributed by atoms with van der Waals surface area (Å²) in [6.45, 7) is 3.22. The number of terminal acetylenes is 1. The predicted molar refractivity (Wildman–Crippen MR) is 46.3 cm³/mol. The predicted octanol–water partition coefficient (Wildman–Crippen LogP) is 0.303. The minimum absolute atomic E-state index is 0.135. The van der Waals surface area contributed by atoms with Crippen LogP contribution in [-0.2, 0) is 9.59 Å². The van der Waals surface area contributed by atoms with Crippen LogP contribution in [-0.4, -0.2) is 30.2 Å². The average Bonchev–Trinajstić information content (AvgIpc) is 2.02. The van der Waals surface area contributed by atoms with Gasteiger partial charge in [-0.1, -0.05) is 5.92 Å². The third kappa shape index (κ3) is 2.75. The molecule has 0 aliphatic heterocycles. The Hall–Kier alpha value is -1.30. The van der Waals surface area contributed by atoms with Crippen LogP contribution in [0.3, 0.4) is 0 Å². The molecule has 1 unspecified atom stereocenters. The van der Waals surface area contributed by atoms with E-state index in [-0.39, 0.29) is 18.2 Å². The molecule has 0 saturated heterocycles. The highest BCUT2D eigenvalue weighted by Crippen LogP contribution is 2.01. The fraction of sp³-hybridized carbons (Fsp3) is 0.556. The lowest BCUT2D eigenvalue weighted by atomic mass is 10.1. The van der Waals surface area contributed by atoms with Crippen molar-refractivity contribution in [1.29, 1.82) is 0 Å². The third-order valence-electron chi connectivity index (χ3n) is 1.68. The van der Waals surface area contributed by atoms with Gasteiger partial charge in [-0.3, -0.25) is 9.59 Å². The van der Waals surface area contributed by atoms with Gasteiger partial charge in [0.2, 0.25) is 5.91 Å². The number of amides is 1. The van der Waals surface area contributed by atoms with E-state index in [9.17, 15) is 9.59 Å². The molecule has 0 heterocycles. The summed E-state index contributed by atoms with van der Waals surface area (Å²) in [5.74, 6) is 1.40. The summed E-state index contributed by atoms with van der Waals surface area (Å²) in [6.07, 6.45) is 5.01. The first kappa shape index (κ1) is 10.7. The molecule has 0 bridgehead atoms. The molecule has 0 aromatic rings. The zero-order valence-corrected chi connectivity index (χ0v) is 7.63. The molecular weight excluding hydrogens is 154 g/mol. The smallest absolute Gasteiger partial charge is 0.233 e. The number of hydrogen-bond donors (Lipinski definition) is 0. The average molecular weight is 167 g/mol. The third-order valence-corrected chi connectivity index (χ3v) is 1.68. The van der Waals surface area contributed by atoms with Crippen molar-refractivity contribution in [2.75, 3.05) is 13.6 Å². The lowest BCUT2D eigenvalue weighted by Gasteiger charge is -2.16. The molecule has 0 fully saturated rings. The Labute approximate surface area is 72.7 Å². The monoisotopic (exact) mass is 167 g/mol. The van der Waals surface area contributed by atoms with E-state index in [2.05, 4.69) is 5.92 Å². The summed E-state index contributed by atoms with van der Waals surface area (Å²) in [5.41, 5.74) is 0. The summed E-state index contributed by atoms with van der Waals surface area (Å²) in [5, 5.41) is 0. The second-order valence-corrected chi connectivity index (χ2v) is 2.73. The van der Waals surface area contributed by atoms with Gasteiger partial charge in [-0.15, -0.1) is 6.42 Å². The van der Waals surface area contributed by atoms with Crippen molar-refractivity contribution in [3.8, 4) is 12.3 Å². The van der Waals surface area contributed by atoms with Gasteiger partial charge < -0.3 is 4.90 Å². The molecular formula is C9H13NO2. The van der Waals surface area contributed by atoms with E-state index in [0.717, 1.165) is 0 Å². The van der Waals surface area contributed by atoms with Crippen LogP contribution in [0, 0.1) is 18.3 Å². The van der Waals surface area contributed by atoms with E-state index in [0.29, 0.717) is 0 Å². The summed E-state index contributed by atoms with van der Waals surface area (Å²) in [7, 11) is 1.58. The topological polar surface area (TPSA) is 37.4 Å². The highest BCUT2D eigenvalue weighted by molar-refractivity contribution is 5.99. The molecule has 3 nitrogen and oxygen atoms in total. The number of Topliss-reactive ketones (excluding diaryl/α,β-unsaturated/α-hetero) is 1. The molecule has 0 aliphatic carbocycles. The zero-order chi connectivity index (χ0) is 9.72. The van der Waals surface area contributed by atoms with Crippen LogP contribution in [0.1, 0.15) is 13.8 Å². The first-order valence-corrected chi connectivity index (χ1v) is 3.69. The molecule has 1 amide bonds. The van der Waals surface area contributed by atoms with Crippen molar-refractivity contribution >= 4 is 11.7 Å². The number of hydrogen-bond acceptors (Lipinski definition) is 2. The molecule has 1 atom stereocenters. The van der Waals surface area contributed by atoms with Crippen molar-refractivity contribution in [2.24, 2.45) is 5.92 Å². The Kier molecular flexibility index (Phi) is 4.06. The summed E-state index contributed by atoms with van der Waals surface area (Å²) in [4.78, 5) is 23.4. The maximum absolute atomic E-state index is 11.3. The van der Waals surface area contributed by atoms with E-state index in [1.165, 1.54) is 11.8 Å². The molecule has 12 heavy (non-hydrogen) atoms. The molecule has 0 radical (unpaired) electrons. The minimum Gasteiger partial charge on any atom is -0.334 e. The molecule has 0 aliphatic rings. The Balaban J connectivity index is 4.21. The standard InChI is InChI=1S/C9H13NO2/c1-5-6-10(4)9(12)7(2)8(3)11/h1,7H,6H2,2-4H3. The van der Waals surface area contributed by atoms with Gasteiger partial charge in [0.1, 0.15) is 5.78 Å². The van der Waals surface area contributed by atoms with E-state index in [4.69, 9.17) is 6.42 Å². The number of nitrogens with zero attached hydrogens (tertiary/aromatic N) is 1. The summed E-state index contributed by atoms with van der Waals surface area (Å²) >= 11 is 0. The van der Waals surface area contributed by atoms with Gasteiger partial charge in [0.05, 0.1) is 12.5 Å². The van der Waals surface area contributed by atoms with Crippen LogP contribution >= 0.6 is 0 Å². The molecule has 0 aromatic heterocycles. The van der Waals surface area contributed by atoms with Gasteiger partial charge in [0.25, 0.3) is 0 Å². The van der Waals surface area contributed by atoms with Gasteiger partial charge in [-0.05, 0) is 13.8 Å². The fourth-order valence-electron chi connectivity index (χ4n) is 0.719. The Morgan fingerprint density at radius 3 is 2.42 bits per heavy atom. The lowest BCUT2D eigenvalue weighted by Crippen LogP contribution is -2.34.